The van der Waals surface area contributed by atoms with Gasteiger partial charge in [-0.3, -0.25) is 0 Å². The molecule has 1 aliphatic rings. The molecule has 0 saturated heterocycles. The molecule has 0 spiro atoms. The summed E-state index contributed by atoms with van der Waals surface area (Å²) in [5.41, 5.74) is 1.09. The number of benzene rings is 3. The summed E-state index contributed by atoms with van der Waals surface area (Å²) in [6, 6.07) is 18.1. The molecule has 0 saturated carbocycles. The molecule has 1 atom stereocenters. The van der Waals surface area contributed by atoms with Crippen molar-refractivity contribution in [3.63, 3.8) is 0 Å². The van der Waals surface area contributed by atoms with Crippen LogP contribution in [0.15, 0.2) is 60.7 Å². The Kier molecular flexibility index (Phi) is 7.83. The zero-order valence-electron chi connectivity index (χ0n) is 21.0. The molecule has 192 valence electrons. The Hall–Kier alpha value is -4.25. The van der Waals surface area contributed by atoms with Gasteiger partial charge in [0.2, 0.25) is 0 Å². The summed E-state index contributed by atoms with van der Waals surface area (Å²) in [4.78, 5) is 12.3. The number of carbonyl (C=O) groups is 1. The van der Waals surface area contributed by atoms with Crippen LogP contribution in [-0.2, 0) is 16.0 Å². The predicted molar refractivity (Wildman–Crippen MR) is 134 cm³/mol. The number of hydrogen-bond donors (Lipinski definition) is 0. The molecule has 0 N–H and O–H groups in total. The Morgan fingerprint density at radius 3 is 2.57 bits per heavy atom. The van der Waals surface area contributed by atoms with Crippen LogP contribution in [0.5, 0.6) is 28.7 Å². The number of ether oxygens (including phenoxy) is 5. The lowest BCUT2D eigenvalue weighted by atomic mass is 10.0. The number of nitrogens with zero attached hydrogens (tertiary/aromatic N) is 1. The van der Waals surface area contributed by atoms with Gasteiger partial charge in [0.05, 0.1) is 24.8 Å². The van der Waals surface area contributed by atoms with Gasteiger partial charge in [-0.15, -0.1) is 0 Å². The van der Waals surface area contributed by atoms with Gasteiger partial charge < -0.3 is 23.7 Å². The Morgan fingerprint density at radius 1 is 1.08 bits per heavy atom. The number of fused-ring (bicyclic) bond motifs is 1. The number of rotatable bonds is 10. The molecule has 0 amide bonds. The second-order valence-corrected chi connectivity index (χ2v) is 9.24. The van der Waals surface area contributed by atoms with Gasteiger partial charge in [-0.25, -0.2) is 9.18 Å². The van der Waals surface area contributed by atoms with Crippen molar-refractivity contribution in [2.75, 3.05) is 13.2 Å². The van der Waals surface area contributed by atoms with Crippen LogP contribution < -0.4 is 18.9 Å². The number of para-hydroxylation sites is 1. The molecule has 0 aliphatic carbocycles. The summed E-state index contributed by atoms with van der Waals surface area (Å²) in [5, 5.41) is 8.83. The van der Waals surface area contributed by atoms with Crippen molar-refractivity contribution in [1.82, 2.24) is 0 Å². The summed E-state index contributed by atoms with van der Waals surface area (Å²) in [5.74, 6) is 1.16. The van der Waals surface area contributed by atoms with Crippen molar-refractivity contribution in [3.05, 3.63) is 77.6 Å². The third-order valence-corrected chi connectivity index (χ3v) is 5.60. The van der Waals surface area contributed by atoms with Crippen LogP contribution in [0.2, 0.25) is 0 Å². The second-order valence-electron chi connectivity index (χ2n) is 9.24. The largest absolute Gasteiger partial charge is 0.490 e. The van der Waals surface area contributed by atoms with Crippen molar-refractivity contribution < 1.29 is 32.9 Å². The Balaban J connectivity index is 1.19. The van der Waals surface area contributed by atoms with Crippen molar-refractivity contribution in [2.24, 2.45) is 0 Å². The third kappa shape index (κ3) is 6.70. The summed E-state index contributed by atoms with van der Waals surface area (Å²) in [6.07, 6.45) is 0.529. The van der Waals surface area contributed by atoms with Crippen LogP contribution in [0.4, 0.5) is 4.39 Å². The molecule has 4 rings (SSSR count). The van der Waals surface area contributed by atoms with Gasteiger partial charge in [-0.05, 0) is 69.3 Å². The van der Waals surface area contributed by atoms with E-state index in [1.165, 1.54) is 12.1 Å². The predicted octanol–water partition coefficient (Wildman–Crippen LogP) is 5.98. The number of hydrogen-bond acceptors (Lipinski definition) is 7. The minimum atomic E-state index is -0.823. The topological polar surface area (TPSA) is 87.0 Å². The fourth-order valence-electron chi connectivity index (χ4n) is 3.85. The van der Waals surface area contributed by atoms with E-state index in [1.807, 2.05) is 38.1 Å². The lowest BCUT2D eigenvalue weighted by molar-refractivity contribution is -0.151. The van der Waals surface area contributed by atoms with Gasteiger partial charge in [-0.2, -0.15) is 5.26 Å². The molecule has 37 heavy (non-hydrogen) atoms. The SMILES string of the molecule is C[C@@H](Oc1ccc(Oc2ccc(C#N)cc2F)cc1)C(=O)OCCCOc1cccc2c1OC(C)(C)C2. The van der Waals surface area contributed by atoms with Crippen LogP contribution in [-0.4, -0.2) is 30.9 Å². The average molecular weight is 506 g/mol. The van der Waals surface area contributed by atoms with Crippen molar-refractivity contribution in [3.8, 4) is 34.8 Å². The van der Waals surface area contributed by atoms with E-state index in [4.69, 9.17) is 28.9 Å². The third-order valence-electron chi connectivity index (χ3n) is 5.60. The van der Waals surface area contributed by atoms with Gasteiger partial charge >= 0.3 is 5.97 Å². The standard InChI is InChI=1S/C29H28FNO6/c1-19(35-22-9-11-23(12-10-22)36-25-13-8-20(18-31)16-24(25)30)28(32)34-15-5-14-33-26-7-4-6-21-17-29(2,3)37-27(21)26/h4,6-13,16,19H,5,14-15,17H2,1-3H3/t19-/m1/s1. The fraction of sp³-hybridized carbons (Fsp3) is 0.310. The molecular formula is C29H28FNO6. The first-order valence-corrected chi connectivity index (χ1v) is 12.0. The highest BCUT2D eigenvalue weighted by Gasteiger charge is 2.32. The molecule has 0 fully saturated rings. The lowest BCUT2D eigenvalue weighted by Gasteiger charge is -2.18. The first-order valence-electron chi connectivity index (χ1n) is 12.0. The molecule has 1 aliphatic heterocycles. The highest BCUT2D eigenvalue weighted by molar-refractivity contribution is 5.74. The van der Waals surface area contributed by atoms with Crippen molar-refractivity contribution >= 4 is 5.97 Å². The summed E-state index contributed by atoms with van der Waals surface area (Å²) < 4.78 is 42.3. The average Bonchev–Trinajstić information content (AvgIpc) is 3.20. The van der Waals surface area contributed by atoms with Crippen LogP contribution in [0.3, 0.4) is 0 Å². The number of halogens is 1. The van der Waals surface area contributed by atoms with E-state index in [-0.39, 0.29) is 23.5 Å². The number of esters is 1. The molecular weight excluding hydrogens is 477 g/mol. The molecule has 7 nitrogen and oxygen atoms in total. The second kappa shape index (κ2) is 11.2. The summed E-state index contributed by atoms with van der Waals surface area (Å²) >= 11 is 0. The number of nitriles is 1. The monoisotopic (exact) mass is 505 g/mol. The molecule has 3 aromatic rings. The molecule has 8 heteroatoms. The van der Waals surface area contributed by atoms with Gasteiger partial charge in [-0.1, -0.05) is 12.1 Å². The Bertz CT molecular complexity index is 1300. The van der Waals surface area contributed by atoms with Crippen LogP contribution in [0.1, 0.15) is 38.3 Å². The summed E-state index contributed by atoms with van der Waals surface area (Å²) in [7, 11) is 0. The highest BCUT2D eigenvalue weighted by atomic mass is 19.1. The molecule has 0 aromatic heterocycles. The first kappa shape index (κ1) is 25.8. The minimum absolute atomic E-state index is 0.00149. The highest BCUT2D eigenvalue weighted by Crippen LogP contribution is 2.41. The van der Waals surface area contributed by atoms with E-state index < -0.39 is 17.9 Å². The van der Waals surface area contributed by atoms with Crippen LogP contribution >= 0.6 is 0 Å². The molecule has 3 aromatic carbocycles. The maximum Gasteiger partial charge on any atom is 0.347 e. The molecule has 0 bridgehead atoms. The fourth-order valence-corrected chi connectivity index (χ4v) is 3.85. The lowest BCUT2D eigenvalue weighted by Crippen LogP contribution is -2.26. The minimum Gasteiger partial charge on any atom is -0.490 e. The summed E-state index contributed by atoms with van der Waals surface area (Å²) in [6.45, 7) is 6.25. The maximum atomic E-state index is 14.0. The van der Waals surface area contributed by atoms with Crippen LogP contribution in [0, 0.1) is 17.1 Å². The Morgan fingerprint density at radius 2 is 1.84 bits per heavy atom. The zero-order valence-corrected chi connectivity index (χ0v) is 21.0. The van der Waals surface area contributed by atoms with Gasteiger partial charge in [0.1, 0.15) is 17.1 Å². The molecule has 1 heterocycles. The van der Waals surface area contributed by atoms with Crippen molar-refractivity contribution in [2.45, 2.75) is 45.3 Å². The van der Waals surface area contributed by atoms with Gasteiger partial charge in [0.15, 0.2) is 29.2 Å². The quantitative estimate of drug-likeness (QED) is 0.247. The van der Waals surface area contributed by atoms with E-state index in [0.29, 0.717) is 30.3 Å². The number of carbonyl (C=O) groups excluding carboxylic acids is 1. The van der Waals surface area contributed by atoms with E-state index in [1.54, 1.807) is 31.2 Å². The Labute approximate surface area is 215 Å². The molecule has 0 radical (unpaired) electrons. The van der Waals surface area contributed by atoms with Gasteiger partial charge in [0.25, 0.3) is 0 Å². The maximum absolute atomic E-state index is 14.0. The van der Waals surface area contributed by atoms with E-state index >= 15 is 0 Å². The van der Waals surface area contributed by atoms with Crippen LogP contribution in [0.25, 0.3) is 0 Å². The van der Waals surface area contributed by atoms with E-state index in [0.717, 1.165) is 23.8 Å². The van der Waals surface area contributed by atoms with E-state index in [9.17, 15) is 9.18 Å². The smallest absolute Gasteiger partial charge is 0.347 e. The van der Waals surface area contributed by atoms with Crippen molar-refractivity contribution in [1.29, 1.82) is 5.26 Å². The normalized spacial score (nSPS) is 14.0. The van der Waals surface area contributed by atoms with Gasteiger partial charge in [0, 0.05) is 18.4 Å². The first-order chi connectivity index (χ1) is 17.7. The molecule has 0 unspecified atom stereocenters. The van der Waals surface area contributed by atoms with E-state index in [2.05, 4.69) is 0 Å². The zero-order chi connectivity index (χ0) is 26.4.